The van der Waals surface area contributed by atoms with Gasteiger partial charge in [-0.1, -0.05) is 18.2 Å². The summed E-state index contributed by atoms with van der Waals surface area (Å²) >= 11 is 1.38. The van der Waals surface area contributed by atoms with Crippen molar-refractivity contribution >= 4 is 23.7 Å². The zero-order valence-corrected chi connectivity index (χ0v) is 10.7. The van der Waals surface area contributed by atoms with Crippen molar-refractivity contribution in [1.29, 1.82) is 0 Å². The molecule has 1 aliphatic rings. The van der Waals surface area contributed by atoms with Crippen LogP contribution in [0.15, 0.2) is 35.2 Å². The van der Waals surface area contributed by atoms with Crippen LogP contribution in [0, 0.1) is 5.92 Å². The van der Waals surface area contributed by atoms with E-state index in [9.17, 15) is 9.59 Å². The summed E-state index contributed by atoms with van der Waals surface area (Å²) < 4.78 is 5.14. The number of cyclic esters (lactones) is 1. The van der Waals surface area contributed by atoms with Gasteiger partial charge in [0.2, 0.25) is 0 Å². The number of carboxylic acids is 1. The van der Waals surface area contributed by atoms with Gasteiger partial charge in [0.05, 0.1) is 6.42 Å². The van der Waals surface area contributed by atoms with Gasteiger partial charge in [-0.05, 0) is 19.1 Å². The van der Waals surface area contributed by atoms with Crippen LogP contribution < -0.4 is 0 Å². The first-order valence-corrected chi connectivity index (χ1v) is 6.60. The number of carboxylic acid groups (broad SMARTS) is 1. The molecule has 0 radical (unpaired) electrons. The monoisotopic (exact) mass is 266 g/mol. The number of esters is 1. The summed E-state index contributed by atoms with van der Waals surface area (Å²) in [5, 5.41) is 8.45. The molecule has 1 aromatic rings. The van der Waals surface area contributed by atoms with Crippen LogP contribution in [0.4, 0.5) is 0 Å². The molecule has 4 nitrogen and oxygen atoms in total. The summed E-state index contributed by atoms with van der Waals surface area (Å²) in [6, 6.07) is 9.47. The van der Waals surface area contributed by atoms with Gasteiger partial charge in [0, 0.05) is 10.8 Å². The maximum absolute atomic E-state index is 11.7. The number of ether oxygens (including phenoxy) is 1. The van der Waals surface area contributed by atoms with E-state index in [1.807, 2.05) is 30.3 Å². The molecule has 0 spiro atoms. The van der Waals surface area contributed by atoms with Gasteiger partial charge in [0.25, 0.3) is 0 Å². The minimum atomic E-state index is -0.899. The fourth-order valence-electron chi connectivity index (χ4n) is 2.01. The molecule has 2 rings (SSSR count). The van der Waals surface area contributed by atoms with E-state index in [4.69, 9.17) is 9.84 Å². The molecule has 0 saturated carbocycles. The van der Waals surface area contributed by atoms with E-state index in [1.165, 1.54) is 11.8 Å². The predicted octanol–water partition coefficient (Wildman–Crippen LogP) is 2.18. The topological polar surface area (TPSA) is 63.6 Å². The molecule has 1 saturated heterocycles. The molecule has 96 valence electrons. The Morgan fingerprint density at radius 1 is 1.39 bits per heavy atom. The summed E-state index contributed by atoms with van der Waals surface area (Å²) in [6.45, 7) is 1.75. The molecule has 1 aliphatic heterocycles. The van der Waals surface area contributed by atoms with Crippen molar-refractivity contribution in [1.82, 2.24) is 0 Å². The van der Waals surface area contributed by atoms with Gasteiger partial charge in [-0.2, -0.15) is 0 Å². The van der Waals surface area contributed by atoms with Gasteiger partial charge in [-0.25, -0.2) is 0 Å². The van der Waals surface area contributed by atoms with E-state index >= 15 is 0 Å². The number of carbonyl (C=O) groups excluding carboxylic acids is 1. The Bertz CT molecular complexity index is 446. The lowest BCUT2D eigenvalue weighted by molar-refractivity contribution is -0.142. The average molecular weight is 266 g/mol. The Morgan fingerprint density at radius 3 is 2.67 bits per heavy atom. The summed E-state index contributed by atoms with van der Waals surface area (Å²) in [6.07, 6.45) is -0.382. The number of benzene rings is 1. The third kappa shape index (κ3) is 2.85. The minimum absolute atomic E-state index is 0.0442. The molecular formula is C13H14O4S. The largest absolute Gasteiger partial charge is 0.481 e. The Morgan fingerprint density at radius 2 is 2.06 bits per heavy atom. The molecule has 1 fully saturated rings. The van der Waals surface area contributed by atoms with Crippen LogP contribution in [0.3, 0.4) is 0 Å². The number of carbonyl (C=O) groups is 2. The summed E-state index contributed by atoms with van der Waals surface area (Å²) in [5.41, 5.74) is 0. The molecule has 5 heteroatoms. The minimum Gasteiger partial charge on any atom is -0.481 e. The molecule has 18 heavy (non-hydrogen) atoms. The smallest absolute Gasteiger partial charge is 0.320 e. The fourth-order valence-corrected chi connectivity index (χ4v) is 3.27. The predicted molar refractivity (Wildman–Crippen MR) is 67.4 cm³/mol. The van der Waals surface area contributed by atoms with Crippen LogP contribution in [-0.4, -0.2) is 28.4 Å². The normalized spacial score (nSPS) is 26.9. The molecule has 1 aromatic carbocycles. The lowest BCUT2D eigenvalue weighted by Crippen LogP contribution is -2.24. The maximum Gasteiger partial charge on any atom is 0.320 e. The molecule has 0 unspecified atom stereocenters. The van der Waals surface area contributed by atoms with Gasteiger partial charge >= 0.3 is 11.9 Å². The third-order valence-corrected chi connectivity index (χ3v) is 4.28. The second-order valence-corrected chi connectivity index (χ2v) is 5.47. The second-order valence-electron chi connectivity index (χ2n) is 4.26. The standard InChI is InChI=1S/C13H14O4S/c1-8-10(7-11(14)15)12(13(16)17-8)18-9-5-3-2-4-6-9/h2-6,8,10,12H,7H2,1H3,(H,14,15)/t8-,10-,12+/m1/s1. The van der Waals surface area contributed by atoms with E-state index in [1.54, 1.807) is 6.92 Å². The zero-order valence-electron chi connectivity index (χ0n) is 9.91. The van der Waals surface area contributed by atoms with Gasteiger partial charge in [-0.15, -0.1) is 11.8 Å². The molecule has 0 aliphatic carbocycles. The van der Waals surface area contributed by atoms with Gasteiger partial charge < -0.3 is 9.84 Å². The van der Waals surface area contributed by atoms with Crippen LogP contribution in [0.5, 0.6) is 0 Å². The lowest BCUT2D eigenvalue weighted by atomic mass is 9.98. The number of thioether (sulfide) groups is 1. The molecule has 3 atom stereocenters. The van der Waals surface area contributed by atoms with Crippen LogP contribution in [-0.2, 0) is 14.3 Å². The second kappa shape index (κ2) is 5.44. The van der Waals surface area contributed by atoms with Crippen molar-refractivity contribution in [3.8, 4) is 0 Å². The number of hydrogen-bond acceptors (Lipinski definition) is 4. The van der Waals surface area contributed by atoms with E-state index in [2.05, 4.69) is 0 Å². The van der Waals surface area contributed by atoms with Crippen molar-refractivity contribution in [3.05, 3.63) is 30.3 Å². The SMILES string of the molecule is C[C@H]1OC(=O)[C@@H](Sc2ccccc2)[C@@H]1CC(=O)O. The van der Waals surface area contributed by atoms with Gasteiger partial charge in [0.15, 0.2) is 0 Å². The third-order valence-electron chi connectivity index (χ3n) is 2.94. The van der Waals surface area contributed by atoms with E-state index in [-0.39, 0.29) is 24.4 Å². The highest BCUT2D eigenvalue weighted by Gasteiger charge is 2.43. The molecular weight excluding hydrogens is 252 g/mol. The molecule has 0 bridgehead atoms. The highest BCUT2D eigenvalue weighted by Crippen LogP contribution is 2.37. The number of hydrogen-bond donors (Lipinski definition) is 1. The molecule has 1 N–H and O–H groups in total. The molecule has 0 amide bonds. The first-order chi connectivity index (χ1) is 8.58. The van der Waals surface area contributed by atoms with E-state index in [0.29, 0.717) is 0 Å². The quantitative estimate of drug-likeness (QED) is 0.846. The molecule has 1 heterocycles. The lowest BCUT2D eigenvalue weighted by Gasteiger charge is -2.15. The van der Waals surface area contributed by atoms with Crippen molar-refractivity contribution in [3.63, 3.8) is 0 Å². The van der Waals surface area contributed by atoms with Crippen molar-refractivity contribution < 1.29 is 19.4 Å². The Labute approximate surface area is 109 Å². The summed E-state index contributed by atoms with van der Waals surface area (Å²) in [5.74, 6) is -1.49. The van der Waals surface area contributed by atoms with E-state index < -0.39 is 11.2 Å². The van der Waals surface area contributed by atoms with Crippen LogP contribution >= 0.6 is 11.8 Å². The summed E-state index contributed by atoms with van der Waals surface area (Å²) in [7, 11) is 0. The Hall–Kier alpha value is -1.49. The maximum atomic E-state index is 11.7. The van der Waals surface area contributed by atoms with Crippen molar-refractivity contribution in [2.45, 2.75) is 29.6 Å². The molecule has 0 aromatic heterocycles. The van der Waals surface area contributed by atoms with Crippen LogP contribution in [0.25, 0.3) is 0 Å². The summed E-state index contributed by atoms with van der Waals surface area (Å²) in [4.78, 5) is 23.5. The Kier molecular flexibility index (Phi) is 3.91. The van der Waals surface area contributed by atoms with Crippen LogP contribution in [0.2, 0.25) is 0 Å². The van der Waals surface area contributed by atoms with Crippen LogP contribution in [0.1, 0.15) is 13.3 Å². The number of aliphatic carboxylic acids is 1. The number of rotatable bonds is 4. The first kappa shape index (κ1) is 13.0. The zero-order chi connectivity index (χ0) is 13.1. The first-order valence-electron chi connectivity index (χ1n) is 5.72. The highest BCUT2D eigenvalue weighted by atomic mass is 32.2. The average Bonchev–Trinajstić information content (AvgIpc) is 2.57. The Balaban J connectivity index is 2.13. The van der Waals surface area contributed by atoms with Crippen molar-refractivity contribution in [2.24, 2.45) is 5.92 Å². The fraction of sp³-hybridized carbons (Fsp3) is 0.385. The van der Waals surface area contributed by atoms with Gasteiger partial charge in [0.1, 0.15) is 11.4 Å². The van der Waals surface area contributed by atoms with Gasteiger partial charge in [-0.3, -0.25) is 9.59 Å². The van der Waals surface area contributed by atoms with Crippen molar-refractivity contribution in [2.75, 3.05) is 0 Å². The van der Waals surface area contributed by atoms with E-state index in [0.717, 1.165) is 4.90 Å². The highest BCUT2D eigenvalue weighted by molar-refractivity contribution is 8.00.